The van der Waals surface area contributed by atoms with Crippen molar-refractivity contribution in [1.29, 1.82) is 42.1 Å². The summed E-state index contributed by atoms with van der Waals surface area (Å²) in [6.45, 7) is 5.62. The van der Waals surface area contributed by atoms with Gasteiger partial charge in [-0.3, -0.25) is 0 Å². The number of nitrogens with two attached hydrogens (primary N) is 4. The van der Waals surface area contributed by atoms with E-state index in [9.17, 15) is 33.7 Å². The molecule has 0 aliphatic rings. The van der Waals surface area contributed by atoms with Crippen molar-refractivity contribution in [2.45, 2.75) is 73.1 Å². The van der Waals surface area contributed by atoms with Gasteiger partial charge in [-0.1, -0.05) is 24.3 Å². The van der Waals surface area contributed by atoms with E-state index >= 15 is 0 Å². The molecule has 0 aliphatic heterocycles. The van der Waals surface area contributed by atoms with Crippen LogP contribution in [0.3, 0.4) is 0 Å². The quantitative estimate of drug-likeness (QED) is 0.125. The summed E-state index contributed by atoms with van der Waals surface area (Å²) in [6, 6.07) is 32.9. The number of rotatable bonds is 16. The van der Waals surface area contributed by atoms with Gasteiger partial charge in [0.05, 0.1) is 93.1 Å². The van der Waals surface area contributed by atoms with Gasteiger partial charge in [0.25, 0.3) is 0 Å². The van der Waals surface area contributed by atoms with Gasteiger partial charge in [0, 0.05) is 28.4 Å². The fraction of sp³-hybridized carbons (Fsp3) is 0.333. The number of methoxy groups -OCH3 is 4. The highest BCUT2D eigenvalue weighted by atomic mass is 32.2. The number of hydrogen-bond donors (Lipinski definition) is 4. The Morgan fingerprint density at radius 1 is 0.329 bits per heavy atom. The topological polar surface area (TPSA) is 468 Å². The molecule has 4 aromatic rings. The first-order chi connectivity index (χ1) is 35.4. The molecule has 0 bridgehead atoms. The minimum Gasteiger partial charge on any atom is -0.375 e. The van der Waals surface area contributed by atoms with E-state index in [-0.39, 0.29) is 22.3 Å². The molecule has 4 aromatic carbocycles. The van der Waals surface area contributed by atoms with Crippen LogP contribution in [0.2, 0.25) is 0 Å². The van der Waals surface area contributed by atoms with Crippen LogP contribution in [0.5, 0.6) is 0 Å². The van der Waals surface area contributed by atoms with Crippen molar-refractivity contribution >= 4 is 40.1 Å². The van der Waals surface area contributed by atoms with Crippen LogP contribution in [0.15, 0.2) is 72.8 Å². The van der Waals surface area contributed by atoms with Gasteiger partial charge in [0.15, 0.2) is 0 Å². The summed E-state index contributed by atoms with van der Waals surface area (Å²) in [4.78, 5) is 0. The molecular weight excluding hydrogens is 1060 g/mol. The smallest absolute Gasteiger partial charge is 0.214 e. The lowest BCUT2D eigenvalue weighted by Gasteiger charge is -2.22. The number of nitriles is 8. The Hall–Kier alpha value is -7.72. The Morgan fingerprint density at radius 3 is 0.592 bits per heavy atom. The first-order valence-electron chi connectivity index (χ1n) is 21.3. The Kier molecular flexibility index (Phi) is 25.6. The minimum atomic E-state index is -3.80. The van der Waals surface area contributed by atoms with E-state index in [0.717, 1.165) is 0 Å². The molecule has 0 spiro atoms. The van der Waals surface area contributed by atoms with Gasteiger partial charge in [0.1, 0.15) is 45.4 Å². The van der Waals surface area contributed by atoms with Crippen LogP contribution in [-0.2, 0) is 59.0 Å². The SMILES string of the molecule is CO[C@@H](c1ccc(C#N)cc1C#N)[C@@H](C)S(N)(=O)=O.CO[C@@H](c1ccc(C#N)cc1C#N)[C@H](C)S(N)(=O)=O.CO[C@H](c1ccc(C#N)cc1C#N)[C@@H](C)S(N)(=O)=O.CO[C@H](c1ccc(C#N)cc1C#N)[C@H](C)S(N)(=O)=O. The highest BCUT2D eigenvalue weighted by molar-refractivity contribution is 7.90. The molecule has 0 aromatic heterocycles. The van der Waals surface area contributed by atoms with Crippen LogP contribution in [0.25, 0.3) is 0 Å². The zero-order valence-corrected chi connectivity index (χ0v) is 45.2. The lowest BCUT2D eigenvalue weighted by molar-refractivity contribution is 0.102. The first-order valence-corrected chi connectivity index (χ1v) is 27.8. The maximum atomic E-state index is 11.4. The number of nitrogens with zero attached hydrogens (tertiary/aromatic N) is 8. The molecule has 0 heterocycles. The van der Waals surface area contributed by atoms with Crippen molar-refractivity contribution in [3.05, 3.63) is 140 Å². The molecule has 24 nitrogen and oxygen atoms in total. The number of benzene rings is 4. The summed E-state index contributed by atoms with van der Waals surface area (Å²) < 4.78 is 112. The zero-order chi connectivity index (χ0) is 58.5. The zero-order valence-electron chi connectivity index (χ0n) is 42.0. The highest BCUT2D eigenvalue weighted by Crippen LogP contribution is 2.31. The molecular formula is C48H52N12O12S4. The van der Waals surface area contributed by atoms with E-state index in [1.807, 2.05) is 48.6 Å². The summed E-state index contributed by atoms with van der Waals surface area (Å²) in [5, 5.41) is 87.8. The van der Waals surface area contributed by atoms with Gasteiger partial charge >= 0.3 is 0 Å². The highest BCUT2D eigenvalue weighted by Gasteiger charge is 2.33. The third-order valence-corrected chi connectivity index (χ3v) is 16.4. The average Bonchev–Trinajstić information content (AvgIpc) is 3.38. The third-order valence-electron chi connectivity index (χ3n) is 11.2. The van der Waals surface area contributed by atoms with Gasteiger partial charge in [0.2, 0.25) is 40.1 Å². The Morgan fingerprint density at radius 2 is 0.487 bits per heavy atom. The van der Waals surface area contributed by atoms with Crippen LogP contribution in [0, 0.1) is 90.6 Å². The Balaban J connectivity index is 0.000000507. The summed E-state index contributed by atoms with van der Waals surface area (Å²) in [6.07, 6.45) is -3.45. The molecule has 0 aliphatic carbocycles. The second kappa shape index (κ2) is 29.4. The number of sulfonamides is 4. The van der Waals surface area contributed by atoms with E-state index in [2.05, 4.69) is 0 Å². The fourth-order valence-corrected chi connectivity index (χ4v) is 9.27. The summed E-state index contributed by atoms with van der Waals surface area (Å²) in [5.41, 5.74) is 3.63. The normalized spacial score (nSPS) is 14.2. The Bertz CT molecular complexity index is 3090. The molecule has 0 radical (unpaired) electrons. The molecule has 0 fully saturated rings. The van der Waals surface area contributed by atoms with Crippen molar-refractivity contribution in [2.75, 3.05) is 28.4 Å². The first kappa shape index (κ1) is 66.3. The van der Waals surface area contributed by atoms with E-state index < -0.39 is 85.5 Å². The second-order valence-corrected chi connectivity index (χ2v) is 23.6. The van der Waals surface area contributed by atoms with Crippen molar-refractivity contribution in [3.8, 4) is 48.6 Å². The molecule has 0 unspecified atom stereocenters. The second-order valence-electron chi connectivity index (χ2n) is 15.9. The van der Waals surface area contributed by atoms with E-state index in [1.54, 1.807) is 0 Å². The minimum absolute atomic E-state index is 0.196. The maximum absolute atomic E-state index is 11.4. The lowest BCUT2D eigenvalue weighted by Crippen LogP contribution is -2.32. The van der Waals surface area contributed by atoms with Gasteiger partial charge in [-0.15, -0.1) is 0 Å². The molecule has 4 rings (SSSR count). The van der Waals surface area contributed by atoms with Gasteiger partial charge < -0.3 is 18.9 Å². The largest absolute Gasteiger partial charge is 0.375 e. The number of ether oxygens (including phenoxy) is 4. The summed E-state index contributed by atoms with van der Waals surface area (Å²) in [5.74, 6) is 0. The molecule has 28 heteroatoms. The van der Waals surface area contributed by atoms with Crippen molar-refractivity contribution in [1.82, 2.24) is 0 Å². The molecule has 8 atom stereocenters. The van der Waals surface area contributed by atoms with Gasteiger partial charge in [-0.2, -0.15) is 42.1 Å². The molecule has 8 N–H and O–H groups in total. The van der Waals surface area contributed by atoms with Crippen LogP contribution < -0.4 is 20.6 Å². The van der Waals surface area contributed by atoms with Crippen molar-refractivity contribution in [2.24, 2.45) is 20.6 Å². The van der Waals surface area contributed by atoms with Gasteiger partial charge in [-0.05, 0) is 98.5 Å². The predicted octanol–water partition coefficient (Wildman–Crippen LogP) is 3.18. The van der Waals surface area contributed by atoms with Crippen LogP contribution in [0.4, 0.5) is 0 Å². The van der Waals surface area contributed by atoms with E-state index in [1.165, 1.54) is 129 Å². The average molecular weight is 1120 g/mol. The Labute approximate surface area is 442 Å². The monoisotopic (exact) mass is 1120 g/mol. The van der Waals surface area contributed by atoms with E-state index in [0.29, 0.717) is 44.5 Å². The summed E-state index contributed by atoms with van der Waals surface area (Å²) in [7, 11) is -9.85. The van der Waals surface area contributed by atoms with Crippen LogP contribution in [0.1, 0.15) is 119 Å². The fourth-order valence-electron chi connectivity index (χ4n) is 6.86. The van der Waals surface area contributed by atoms with E-state index in [4.69, 9.17) is 81.6 Å². The summed E-state index contributed by atoms with van der Waals surface area (Å²) >= 11 is 0. The van der Waals surface area contributed by atoms with Crippen molar-refractivity contribution < 1.29 is 52.6 Å². The standard InChI is InChI=1S/4C12H13N3O3S/c4*1-8(19(15,16)17)12(18-2)11-4-3-9(6-13)5-10(11)7-14/h4*3-5,8,12H,1-2H3,(H2,15,16,17)/t2*8-,12+;2*8-,12-/m1010/s1. The molecule has 400 valence electrons. The molecule has 0 saturated carbocycles. The maximum Gasteiger partial charge on any atom is 0.214 e. The lowest BCUT2D eigenvalue weighted by atomic mass is 9.99. The van der Waals surface area contributed by atoms with Crippen LogP contribution in [-0.4, -0.2) is 83.1 Å². The van der Waals surface area contributed by atoms with Gasteiger partial charge in [-0.25, -0.2) is 54.2 Å². The molecule has 0 saturated heterocycles. The third kappa shape index (κ3) is 18.3. The van der Waals surface area contributed by atoms with Crippen molar-refractivity contribution in [3.63, 3.8) is 0 Å². The molecule has 76 heavy (non-hydrogen) atoms. The van der Waals surface area contributed by atoms with Crippen LogP contribution >= 0.6 is 0 Å². The number of hydrogen-bond acceptors (Lipinski definition) is 20. The molecule has 0 amide bonds. The predicted molar refractivity (Wildman–Crippen MR) is 273 cm³/mol. The number of primary sulfonamides is 4.